The molecule has 0 aliphatic carbocycles. The highest BCUT2D eigenvalue weighted by molar-refractivity contribution is 6.31. The summed E-state index contributed by atoms with van der Waals surface area (Å²) in [6, 6.07) is 10.6. The van der Waals surface area contributed by atoms with Crippen LogP contribution in [0.5, 0.6) is 0 Å². The maximum absolute atomic E-state index is 12.6. The molecule has 1 amide bonds. The van der Waals surface area contributed by atoms with Crippen molar-refractivity contribution < 1.29 is 4.79 Å². The third-order valence-electron chi connectivity index (χ3n) is 4.07. The lowest BCUT2D eigenvalue weighted by Gasteiger charge is -2.15. The van der Waals surface area contributed by atoms with Crippen molar-refractivity contribution in [1.82, 2.24) is 14.9 Å². The number of fused-ring (bicyclic) bond motifs is 1. The second-order valence-corrected chi connectivity index (χ2v) is 6.50. The first kappa shape index (κ1) is 17.3. The molecule has 0 aliphatic heterocycles. The fourth-order valence-electron chi connectivity index (χ4n) is 2.65. The summed E-state index contributed by atoms with van der Waals surface area (Å²) < 4.78 is 1.80. The molecule has 0 saturated heterocycles. The van der Waals surface area contributed by atoms with Gasteiger partial charge in [-0.25, -0.2) is 4.98 Å². The quantitative estimate of drug-likeness (QED) is 0.698. The van der Waals surface area contributed by atoms with Crippen LogP contribution >= 0.6 is 23.2 Å². The molecule has 0 radical (unpaired) electrons. The van der Waals surface area contributed by atoms with Crippen LogP contribution in [0.25, 0.3) is 10.9 Å². The summed E-state index contributed by atoms with van der Waals surface area (Å²) in [7, 11) is 1.82. The lowest BCUT2D eigenvalue weighted by molar-refractivity contribution is 0.0932. The summed E-state index contributed by atoms with van der Waals surface area (Å²) in [4.78, 5) is 16.6. The van der Waals surface area contributed by atoms with E-state index in [-0.39, 0.29) is 22.7 Å². The standard InChI is InChI=1S/C18H14Cl2N4O/c1-10(13-5-12(8-21)17(20)22-9-13)23-18(25)16-6-11-3-4-14(19)7-15(11)24(16)2/h3-7,9-10H,1-2H3,(H,23,25). The zero-order valence-electron chi connectivity index (χ0n) is 13.5. The van der Waals surface area contributed by atoms with Crippen LogP contribution in [-0.4, -0.2) is 15.5 Å². The largest absolute Gasteiger partial charge is 0.344 e. The summed E-state index contributed by atoms with van der Waals surface area (Å²) in [6.45, 7) is 1.82. The molecule has 0 fully saturated rings. The van der Waals surface area contributed by atoms with Crippen molar-refractivity contribution in [3.8, 4) is 6.07 Å². The number of hydrogen-bond donors (Lipinski definition) is 1. The minimum atomic E-state index is -0.328. The van der Waals surface area contributed by atoms with Gasteiger partial charge in [-0.15, -0.1) is 0 Å². The second-order valence-electron chi connectivity index (χ2n) is 5.71. The van der Waals surface area contributed by atoms with Crippen LogP contribution in [0.4, 0.5) is 0 Å². The fraction of sp³-hybridized carbons (Fsp3) is 0.167. The number of halogens is 2. The highest BCUT2D eigenvalue weighted by Gasteiger charge is 2.17. The van der Waals surface area contributed by atoms with Crippen LogP contribution in [-0.2, 0) is 7.05 Å². The molecule has 25 heavy (non-hydrogen) atoms. The fourth-order valence-corrected chi connectivity index (χ4v) is 2.97. The van der Waals surface area contributed by atoms with Crippen LogP contribution < -0.4 is 5.32 Å². The number of nitriles is 1. The molecule has 126 valence electrons. The van der Waals surface area contributed by atoms with Gasteiger partial charge < -0.3 is 9.88 Å². The number of carbonyl (C=O) groups is 1. The molecule has 1 unspecified atom stereocenters. The van der Waals surface area contributed by atoms with Gasteiger partial charge in [0.2, 0.25) is 0 Å². The minimum Gasteiger partial charge on any atom is -0.344 e. The molecule has 2 heterocycles. The van der Waals surface area contributed by atoms with Gasteiger partial charge in [0.1, 0.15) is 16.9 Å². The van der Waals surface area contributed by atoms with Gasteiger partial charge in [-0.1, -0.05) is 29.3 Å². The molecule has 5 nitrogen and oxygen atoms in total. The van der Waals surface area contributed by atoms with Crippen molar-refractivity contribution in [2.45, 2.75) is 13.0 Å². The van der Waals surface area contributed by atoms with Gasteiger partial charge in [0, 0.05) is 29.2 Å². The van der Waals surface area contributed by atoms with E-state index in [4.69, 9.17) is 28.5 Å². The van der Waals surface area contributed by atoms with E-state index in [1.165, 1.54) is 0 Å². The maximum Gasteiger partial charge on any atom is 0.268 e. The van der Waals surface area contributed by atoms with E-state index in [0.717, 1.165) is 10.9 Å². The van der Waals surface area contributed by atoms with Crippen molar-refractivity contribution in [2.24, 2.45) is 7.05 Å². The molecule has 0 saturated carbocycles. The zero-order valence-corrected chi connectivity index (χ0v) is 15.1. The maximum atomic E-state index is 12.6. The predicted molar refractivity (Wildman–Crippen MR) is 97.8 cm³/mol. The Morgan fingerprint density at radius 2 is 2.08 bits per heavy atom. The van der Waals surface area contributed by atoms with E-state index in [1.807, 2.05) is 38.2 Å². The number of amides is 1. The van der Waals surface area contributed by atoms with Gasteiger partial charge in [-0.2, -0.15) is 5.26 Å². The highest BCUT2D eigenvalue weighted by atomic mass is 35.5. The average Bonchev–Trinajstić information content (AvgIpc) is 2.91. The smallest absolute Gasteiger partial charge is 0.268 e. The first-order valence-corrected chi connectivity index (χ1v) is 8.27. The number of hydrogen-bond acceptors (Lipinski definition) is 3. The first-order valence-electron chi connectivity index (χ1n) is 7.52. The molecule has 1 aromatic carbocycles. The highest BCUT2D eigenvalue weighted by Crippen LogP contribution is 2.23. The number of pyridine rings is 1. The molecule has 1 atom stereocenters. The van der Waals surface area contributed by atoms with Crippen LogP contribution in [0.3, 0.4) is 0 Å². The van der Waals surface area contributed by atoms with Gasteiger partial charge in [-0.05, 0) is 36.8 Å². The van der Waals surface area contributed by atoms with E-state index >= 15 is 0 Å². The number of nitrogens with one attached hydrogen (secondary N) is 1. The Balaban J connectivity index is 1.87. The van der Waals surface area contributed by atoms with E-state index in [9.17, 15) is 4.79 Å². The Bertz CT molecular complexity index is 1020. The van der Waals surface area contributed by atoms with Crippen LogP contribution in [0.15, 0.2) is 36.5 Å². The Labute approximate surface area is 154 Å². The lowest BCUT2D eigenvalue weighted by atomic mass is 10.1. The van der Waals surface area contributed by atoms with Crippen molar-refractivity contribution in [3.05, 3.63) is 63.5 Å². The molecule has 7 heteroatoms. The molecule has 0 bridgehead atoms. The number of aromatic nitrogens is 2. The Hall–Kier alpha value is -2.55. The molecule has 3 rings (SSSR count). The monoisotopic (exact) mass is 372 g/mol. The van der Waals surface area contributed by atoms with Crippen molar-refractivity contribution >= 4 is 40.0 Å². The molecule has 2 aromatic heterocycles. The molecule has 3 aromatic rings. The van der Waals surface area contributed by atoms with Crippen LogP contribution in [0.2, 0.25) is 10.2 Å². The Morgan fingerprint density at radius 3 is 2.80 bits per heavy atom. The molecule has 0 aliphatic rings. The van der Waals surface area contributed by atoms with E-state index in [0.29, 0.717) is 16.3 Å². The lowest BCUT2D eigenvalue weighted by Crippen LogP contribution is -2.28. The van der Waals surface area contributed by atoms with Crippen LogP contribution in [0.1, 0.15) is 34.6 Å². The minimum absolute atomic E-state index is 0.148. The normalized spacial score (nSPS) is 12.0. The molecular formula is C18H14Cl2N4O. The number of benzene rings is 1. The third kappa shape index (κ3) is 3.32. The topological polar surface area (TPSA) is 70.7 Å². The van der Waals surface area contributed by atoms with E-state index < -0.39 is 0 Å². The van der Waals surface area contributed by atoms with Crippen molar-refractivity contribution in [2.75, 3.05) is 0 Å². The van der Waals surface area contributed by atoms with Gasteiger partial charge in [0.15, 0.2) is 0 Å². The predicted octanol–water partition coefficient (Wildman–Crippen LogP) is 4.24. The summed E-state index contributed by atoms with van der Waals surface area (Å²) >= 11 is 11.9. The number of rotatable bonds is 3. The number of carbonyl (C=O) groups excluding carboxylic acids is 1. The van der Waals surface area contributed by atoms with Gasteiger partial charge in [-0.3, -0.25) is 4.79 Å². The Morgan fingerprint density at radius 1 is 1.32 bits per heavy atom. The molecule has 1 N–H and O–H groups in total. The summed E-state index contributed by atoms with van der Waals surface area (Å²) in [5, 5.41) is 13.7. The average molecular weight is 373 g/mol. The molecular weight excluding hydrogens is 359 g/mol. The van der Waals surface area contributed by atoms with E-state index in [1.54, 1.807) is 22.9 Å². The van der Waals surface area contributed by atoms with Gasteiger partial charge in [0.25, 0.3) is 5.91 Å². The van der Waals surface area contributed by atoms with E-state index in [2.05, 4.69) is 10.3 Å². The number of nitrogens with zero attached hydrogens (tertiary/aromatic N) is 3. The van der Waals surface area contributed by atoms with Crippen molar-refractivity contribution in [1.29, 1.82) is 5.26 Å². The van der Waals surface area contributed by atoms with Gasteiger partial charge >= 0.3 is 0 Å². The summed E-state index contributed by atoms with van der Waals surface area (Å²) in [5.74, 6) is -0.226. The van der Waals surface area contributed by atoms with Crippen molar-refractivity contribution in [3.63, 3.8) is 0 Å². The number of aryl methyl sites for hydroxylation is 1. The summed E-state index contributed by atoms with van der Waals surface area (Å²) in [5.41, 5.74) is 2.38. The summed E-state index contributed by atoms with van der Waals surface area (Å²) in [6.07, 6.45) is 1.55. The molecule has 0 spiro atoms. The van der Waals surface area contributed by atoms with Gasteiger partial charge in [0.05, 0.1) is 11.6 Å². The second kappa shape index (κ2) is 6.75. The zero-order chi connectivity index (χ0) is 18.1. The Kier molecular flexibility index (Phi) is 4.67. The van der Waals surface area contributed by atoms with Crippen LogP contribution in [0, 0.1) is 11.3 Å². The SMILES string of the molecule is CC(NC(=O)c1cc2ccc(Cl)cc2n1C)c1cnc(Cl)c(C#N)c1. The third-order valence-corrected chi connectivity index (χ3v) is 4.60. The first-order chi connectivity index (χ1) is 11.9.